The van der Waals surface area contributed by atoms with Crippen molar-refractivity contribution in [3.05, 3.63) is 59.2 Å². The summed E-state index contributed by atoms with van der Waals surface area (Å²) >= 11 is 5.54. The molecule has 8 heteroatoms. The van der Waals surface area contributed by atoms with Crippen LogP contribution in [-0.4, -0.2) is 75.3 Å². The summed E-state index contributed by atoms with van der Waals surface area (Å²) in [5, 5.41) is 7.03. The Morgan fingerprint density at radius 3 is 2.04 bits per heavy atom. The fourth-order valence-electron chi connectivity index (χ4n) is 2.70. The summed E-state index contributed by atoms with van der Waals surface area (Å²) in [6.45, 7) is 7.88. The van der Waals surface area contributed by atoms with Crippen LogP contribution in [0, 0.1) is 0 Å². The monoisotopic (exact) mass is 489 g/mol. The van der Waals surface area contributed by atoms with E-state index in [1.165, 1.54) is 11.1 Å². The van der Waals surface area contributed by atoms with E-state index in [2.05, 4.69) is 60.4 Å². The summed E-state index contributed by atoms with van der Waals surface area (Å²) < 4.78 is 26.4. The van der Waals surface area contributed by atoms with Gasteiger partial charge in [-0.1, -0.05) is 20.8 Å². The van der Waals surface area contributed by atoms with Crippen molar-refractivity contribution in [2.45, 2.75) is 39.3 Å². The molecule has 5 nitrogen and oxygen atoms in total. The summed E-state index contributed by atoms with van der Waals surface area (Å²) in [7, 11) is -3.25. The first-order chi connectivity index (χ1) is 12.9. The van der Waals surface area contributed by atoms with Gasteiger partial charge in [-0.25, -0.2) is 0 Å². The first-order valence-corrected chi connectivity index (χ1v) is 13.9. The van der Waals surface area contributed by atoms with Gasteiger partial charge in [-0.15, -0.1) is 0 Å². The van der Waals surface area contributed by atoms with Crippen molar-refractivity contribution in [3.8, 4) is 0 Å². The molecule has 3 N–H and O–H groups in total. The van der Waals surface area contributed by atoms with E-state index in [1.807, 2.05) is 18.2 Å². The van der Waals surface area contributed by atoms with Crippen molar-refractivity contribution < 1.29 is 8.42 Å². The number of hydrogen-bond acceptors (Lipinski definition) is 3. The number of hydrogen-bond donors (Lipinski definition) is 3. The van der Waals surface area contributed by atoms with Crippen LogP contribution < -0.4 is 14.0 Å². The fraction of sp³-hybridized carbons (Fsp3) is 0.350. The Kier molecular flexibility index (Phi) is 8.67. The number of rotatable bonds is 6. The molecule has 0 fully saturated rings. The van der Waals surface area contributed by atoms with E-state index in [1.54, 1.807) is 0 Å². The molecule has 0 amide bonds. The summed E-state index contributed by atoms with van der Waals surface area (Å²) in [6, 6.07) is 14.3. The van der Waals surface area contributed by atoms with Crippen LogP contribution in [0.4, 0.5) is 5.69 Å². The molecular formula is C20H26N3O2RbS2. The van der Waals surface area contributed by atoms with Crippen molar-refractivity contribution in [1.82, 2.24) is 10.6 Å². The third-order valence-corrected chi connectivity index (χ3v) is 7.23. The maximum absolute atomic E-state index is 11.4. The van der Waals surface area contributed by atoms with Crippen LogP contribution in [0.5, 0.6) is 0 Å². The Balaban J connectivity index is 1.85. The zero-order chi connectivity index (χ0) is 20.9. The second-order valence-corrected chi connectivity index (χ2v) is 12.8. The molecule has 0 unspecified atom stereocenters. The zero-order valence-electron chi connectivity index (χ0n) is 17.1. The van der Waals surface area contributed by atoms with Gasteiger partial charge in [0.1, 0.15) is 0 Å². The maximum atomic E-state index is 11.4. The van der Waals surface area contributed by atoms with Crippen molar-refractivity contribution in [3.63, 3.8) is 0 Å². The van der Waals surface area contributed by atoms with Crippen molar-refractivity contribution >= 4 is 87.2 Å². The summed E-state index contributed by atoms with van der Waals surface area (Å²) in [4.78, 5) is 0. The minimum absolute atomic E-state index is 0.150. The number of thiocarbonyl (C=S) groups is 1. The molecule has 0 aliphatic carbocycles. The van der Waals surface area contributed by atoms with Gasteiger partial charge in [-0.3, -0.25) is 0 Å². The third-order valence-electron chi connectivity index (χ3n) is 4.31. The molecule has 0 heterocycles. The average Bonchev–Trinajstić information content (AvgIpc) is 2.59. The minimum atomic E-state index is -3.25. The van der Waals surface area contributed by atoms with E-state index in [0.29, 0.717) is 23.9 Å². The molecule has 0 aromatic heterocycles. The SMILES string of the molecule is CC(C)(C)c1ccc(CNC(=S)NCc2ccc(NS(C)(=O)=O)[c]([Rb])c2)cc1. The Labute approximate surface area is 212 Å². The van der Waals surface area contributed by atoms with Gasteiger partial charge in [0.15, 0.2) is 0 Å². The van der Waals surface area contributed by atoms with E-state index in [4.69, 9.17) is 12.2 Å². The molecule has 0 aliphatic rings. The van der Waals surface area contributed by atoms with Gasteiger partial charge in [-0.05, 0) is 5.41 Å². The van der Waals surface area contributed by atoms with Crippen LogP contribution in [0.2, 0.25) is 0 Å². The molecule has 2 aromatic carbocycles. The zero-order valence-corrected chi connectivity index (χ0v) is 23.6. The first-order valence-electron chi connectivity index (χ1n) is 9.12. The fourth-order valence-corrected chi connectivity index (χ4v) is 5.55. The van der Waals surface area contributed by atoms with E-state index < -0.39 is 10.0 Å². The molecule has 2 rings (SSSR count). The number of anilines is 1. The Morgan fingerprint density at radius 1 is 1.00 bits per heavy atom. The van der Waals surface area contributed by atoms with Crippen LogP contribution in [-0.2, 0) is 28.5 Å². The number of benzene rings is 2. The number of nitrogens with one attached hydrogen (secondary N) is 3. The van der Waals surface area contributed by atoms with E-state index in [9.17, 15) is 8.42 Å². The van der Waals surface area contributed by atoms with Crippen molar-refractivity contribution in [2.24, 2.45) is 0 Å². The van der Waals surface area contributed by atoms with Crippen molar-refractivity contribution in [2.75, 3.05) is 11.0 Å². The number of sulfonamides is 1. The molecule has 0 aliphatic heterocycles. The van der Waals surface area contributed by atoms with Gasteiger partial charge in [-0.2, -0.15) is 0 Å². The Hall–Kier alpha value is -0.315. The average molecular weight is 490 g/mol. The summed E-state index contributed by atoms with van der Waals surface area (Å²) in [5.41, 5.74) is 4.40. The molecular weight excluding hydrogens is 464 g/mol. The molecule has 2 aromatic rings. The molecule has 28 heavy (non-hydrogen) atoms. The molecule has 0 spiro atoms. The van der Waals surface area contributed by atoms with Crippen LogP contribution >= 0.6 is 12.2 Å². The van der Waals surface area contributed by atoms with Crippen LogP contribution in [0.1, 0.15) is 37.5 Å². The van der Waals surface area contributed by atoms with E-state index in [0.717, 1.165) is 10.5 Å². The normalized spacial score (nSPS) is 11.8. The van der Waals surface area contributed by atoms with Gasteiger partial charge in [0, 0.05) is 0 Å². The molecule has 0 bridgehead atoms. The van der Waals surface area contributed by atoms with Gasteiger partial charge < -0.3 is 0 Å². The molecule has 0 atom stereocenters. The van der Waals surface area contributed by atoms with Crippen LogP contribution in [0.15, 0.2) is 42.5 Å². The predicted molar refractivity (Wildman–Crippen MR) is 122 cm³/mol. The summed E-state index contributed by atoms with van der Waals surface area (Å²) in [5.74, 6) is 0. The standard InChI is InChI=1S/C20H26N3O2S2.Rb/c1-20(2,3)17-9-5-15(6-10-17)13-21-19(26)22-14-16-7-11-18(12-8-16)23-27(4,24)25;/h5-11,23H,13-14H2,1-4H3,(H2,21,22,26);. The first kappa shape index (κ1) is 24.0. The molecule has 0 saturated carbocycles. The summed E-state index contributed by atoms with van der Waals surface area (Å²) in [6.07, 6.45) is 1.16. The van der Waals surface area contributed by atoms with E-state index >= 15 is 0 Å². The molecule has 0 saturated heterocycles. The van der Waals surface area contributed by atoms with Crippen LogP contribution in [0.3, 0.4) is 0 Å². The van der Waals surface area contributed by atoms with E-state index in [-0.39, 0.29) is 61.0 Å². The molecule has 146 valence electrons. The predicted octanol–water partition coefficient (Wildman–Crippen LogP) is 2.31. The second-order valence-electron chi connectivity index (χ2n) is 8.01. The Morgan fingerprint density at radius 2 is 1.54 bits per heavy atom. The van der Waals surface area contributed by atoms with Crippen LogP contribution in [0.25, 0.3) is 0 Å². The van der Waals surface area contributed by atoms with Gasteiger partial charge in [0.25, 0.3) is 0 Å². The Bertz CT molecular complexity index is 937. The molecule has 0 radical (unpaired) electrons. The second kappa shape index (κ2) is 10.1. The van der Waals surface area contributed by atoms with Gasteiger partial charge in [0.2, 0.25) is 0 Å². The third kappa shape index (κ3) is 8.20. The van der Waals surface area contributed by atoms with Gasteiger partial charge >= 0.3 is 189 Å². The van der Waals surface area contributed by atoms with Gasteiger partial charge in [0.05, 0.1) is 0 Å². The van der Waals surface area contributed by atoms with Crippen molar-refractivity contribution in [1.29, 1.82) is 0 Å². The quantitative estimate of drug-likeness (QED) is 0.543. The topological polar surface area (TPSA) is 70.2 Å².